The first-order chi connectivity index (χ1) is 16.0. The maximum Gasteiger partial charge on any atom is 0.233 e. The van der Waals surface area contributed by atoms with Gasteiger partial charge >= 0.3 is 0 Å². The van der Waals surface area contributed by atoms with Gasteiger partial charge in [-0.05, 0) is 40.8 Å². The van der Waals surface area contributed by atoms with Crippen molar-refractivity contribution in [2.45, 2.75) is 6.42 Å². The minimum Gasteiger partial charge on any atom is -0.285 e. The summed E-state index contributed by atoms with van der Waals surface area (Å²) in [6.45, 7) is 0. The van der Waals surface area contributed by atoms with Gasteiger partial charge in [-0.25, -0.2) is 0 Å². The molecule has 0 unspecified atom stereocenters. The number of fused-ring (bicyclic) bond motifs is 3. The monoisotopic (exact) mass is 430 g/mol. The van der Waals surface area contributed by atoms with Crippen molar-refractivity contribution in [3.63, 3.8) is 0 Å². The first-order valence-electron chi connectivity index (χ1n) is 10.6. The van der Waals surface area contributed by atoms with E-state index in [1.54, 1.807) is 84.9 Å². The zero-order valence-corrected chi connectivity index (χ0v) is 17.6. The summed E-state index contributed by atoms with van der Waals surface area (Å²) in [5.74, 6) is -2.19. The Hall–Kier alpha value is -4.44. The SMILES string of the molecule is O=C(C(=O)c1ccc2c(c1)Cc1cc(C(=O)C(=O)c3ccccc3)ccc1-2)c1ccccc1. The number of benzene rings is 4. The van der Waals surface area contributed by atoms with Crippen LogP contribution in [0.25, 0.3) is 11.1 Å². The first kappa shape index (κ1) is 20.5. The maximum absolute atomic E-state index is 12.7. The first-order valence-corrected chi connectivity index (χ1v) is 10.6. The fraction of sp³-hybridized carbons (Fsp3) is 0.0345. The highest BCUT2D eigenvalue weighted by Gasteiger charge is 2.25. The molecule has 1 aliphatic carbocycles. The summed E-state index contributed by atoms with van der Waals surface area (Å²) in [5.41, 5.74) is 5.14. The third-order valence-electron chi connectivity index (χ3n) is 5.89. The third-order valence-corrected chi connectivity index (χ3v) is 5.89. The van der Waals surface area contributed by atoms with Crippen molar-refractivity contribution >= 4 is 23.1 Å². The van der Waals surface area contributed by atoms with Crippen molar-refractivity contribution in [3.8, 4) is 11.1 Å². The van der Waals surface area contributed by atoms with Gasteiger partial charge in [0.25, 0.3) is 0 Å². The highest BCUT2D eigenvalue weighted by atomic mass is 16.2. The van der Waals surface area contributed by atoms with Crippen LogP contribution in [0.1, 0.15) is 52.6 Å². The summed E-state index contributed by atoms with van der Waals surface area (Å²) in [6.07, 6.45) is 0.520. The predicted octanol–water partition coefficient (Wildman–Crippen LogP) is 5.39. The highest BCUT2D eigenvalue weighted by molar-refractivity contribution is 6.49. The Labute approximate surface area is 190 Å². The van der Waals surface area contributed by atoms with E-state index in [1.807, 2.05) is 12.1 Å². The zero-order valence-electron chi connectivity index (χ0n) is 17.6. The van der Waals surface area contributed by atoms with Gasteiger partial charge in [0.05, 0.1) is 0 Å². The number of carbonyl (C=O) groups excluding carboxylic acids is 4. The summed E-state index contributed by atoms with van der Waals surface area (Å²) < 4.78 is 0. The Morgan fingerprint density at radius 1 is 0.424 bits per heavy atom. The molecule has 0 aliphatic heterocycles. The highest BCUT2D eigenvalue weighted by Crippen LogP contribution is 2.37. The normalized spacial score (nSPS) is 11.4. The molecule has 0 N–H and O–H groups in total. The van der Waals surface area contributed by atoms with Gasteiger partial charge in [-0.15, -0.1) is 0 Å². The van der Waals surface area contributed by atoms with E-state index in [0.717, 1.165) is 22.3 Å². The number of hydrogen-bond acceptors (Lipinski definition) is 4. The summed E-state index contributed by atoms with van der Waals surface area (Å²) in [5, 5.41) is 0. The molecule has 0 atom stereocenters. The summed E-state index contributed by atoms with van der Waals surface area (Å²) in [6, 6.07) is 27.5. The molecule has 5 rings (SSSR count). The molecule has 0 saturated carbocycles. The molecule has 0 bridgehead atoms. The van der Waals surface area contributed by atoms with Crippen LogP contribution in [0.4, 0.5) is 0 Å². The van der Waals surface area contributed by atoms with Crippen molar-refractivity contribution in [3.05, 3.63) is 130 Å². The molecule has 0 amide bonds. The number of rotatable bonds is 6. The topological polar surface area (TPSA) is 68.3 Å². The van der Waals surface area contributed by atoms with Crippen LogP contribution >= 0.6 is 0 Å². The van der Waals surface area contributed by atoms with Crippen LogP contribution in [0.3, 0.4) is 0 Å². The quantitative estimate of drug-likeness (QED) is 0.268. The minimum absolute atomic E-state index is 0.339. The van der Waals surface area contributed by atoms with Gasteiger partial charge in [-0.3, -0.25) is 19.2 Å². The molecule has 1 aliphatic rings. The third kappa shape index (κ3) is 3.72. The molecule has 0 heterocycles. The van der Waals surface area contributed by atoms with E-state index in [1.165, 1.54) is 0 Å². The van der Waals surface area contributed by atoms with E-state index < -0.39 is 23.1 Å². The fourth-order valence-electron chi connectivity index (χ4n) is 4.20. The van der Waals surface area contributed by atoms with Crippen LogP contribution in [-0.4, -0.2) is 23.1 Å². The minimum atomic E-state index is -0.552. The van der Waals surface area contributed by atoms with E-state index in [0.29, 0.717) is 28.7 Å². The Bertz CT molecular complexity index is 1320. The van der Waals surface area contributed by atoms with Gasteiger partial charge in [-0.1, -0.05) is 84.9 Å². The standard InChI is InChI=1S/C29H18O4/c30-26(18-7-3-1-4-8-18)28(32)20-11-13-24-22(15-20)17-23-16-21(12-14-25(23)24)29(33)27(31)19-9-5-2-6-10-19/h1-16H,17H2. The van der Waals surface area contributed by atoms with Crippen molar-refractivity contribution in [2.75, 3.05) is 0 Å². The second kappa shape index (κ2) is 8.24. The summed E-state index contributed by atoms with van der Waals surface area (Å²) in [4.78, 5) is 50.6. The lowest BCUT2D eigenvalue weighted by molar-refractivity contribution is 0.0817. The average Bonchev–Trinajstić information content (AvgIpc) is 3.25. The van der Waals surface area contributed by atoms with Gasteiger partial charge in [0.1, 0.15) is 0 Å². The molecule has 0 aromatic heterocycles. The van der Waals surface area contributed by atoms with Crippen molar-refractivity contribution < 1.29 is 19.2 Å². The number of carbonyl (C=O) groups is 4. The molecule has 4 heteroatoms. The molecular formula is C29H18O4. The van der Waals surface area contributed by atoms with Crippen LogP contribution < -0.4 is 0 Å². The van der Waals surface area contributed by atoms with Gasteiger partial charge in [0.15, 0.2) is 0 Å². The molecule has 4 nitrogen and oxygen atoms in total. The Morgan fingerprint density at radius 2 is 0.788 bits per heavy atom. The summed E-state index contributed by atoms with van der Waals surface area (Å²) in [7, 11) is 0. The molecule has 0 spiro atoms. The molecule has 0 fully saturated rings. The van der Waals surface area contributed by atoms with E-state index in [2.05, 4.69) is 0 Å². The molecular weight excluding hydrogens is 412 g/mol. The molecule has 33 heavy (non-hydrogen) atoms. The maximum atomic E-state index is 12.7. The molecule has 4 aromatic carbocycles. The zero-order chi connectivity index (χ0) is 22.9. The Morgan fingerprint density at radius 3 is 1.18 bits per heavy atom. The van der Waals surface area contributed by atoms with Crippen LogP contribution in [0, 0.1) is 0 Å². The predicted molar refractivity (Wildman–Crippen MR) is 125 cm³/mol. The molecule has 0 saturated heterocycles. The molecule has 158 valence electrons. The van der Waals surface area contributed by atoms with E-state index in [4.69, 9.17) is 0 Å². The van der Waals surface area contributed by atoms with Crippen LogP contribution in [0.2, 0.25) is 0 Å². The number of ketones is 4. The smallest absolute Gasteiger partial charge is 0.233 e. The lowest BCUT2D eigenvalue weighted by Crippen LogP contribution is -2.14. The van der Waals surface area contributed by atoms with Crippen molar-refractivity contribution in [2.24, 2.45) is 0 Å². The van der Waals surface area contributed by atoms with Crippen LogP contribution in [0.15, 0.2) is 97.1 Å². The van der Waals surface area contributed by atoms with Crippen LogP contribution in [-0.2, 0) is 6.42 Å². The van der Waals surface area contributed by atoms with Gasteiger partial charge in [-0.2, -0.15) is 0 Å². The Balaban J connectivity index is 1.40. The van der Waals surface area contributed by atoms with E-state index >= 15 is 0 Å². The van der Waals surface area contributed by atoms with Crippen molar-refractivity contribution in [1.29, 1.82) is 0 Å². The largest absolute Gasteiger partial charge is 0.285 e. The molecule has 4 aromatic rings. The number of Topliss-reactive ketones (excluding diaryl/α,β-unsaturated/α-hetero) is 4. The van der Waals surface area contributed by atoms with Gasteiger partial charge in [0.2, 0.25) is 23.1 Å². The van der Waals surface area contributed by atoms with Crippen LogP contribution in [0.5, 0.6) is 0 Å². The second-order valence-corrected chi connectivity index (χ2v) is 7.97. The fourth-order valence-corrected chi connectivity index (χ4v) is 4.20. The molecule has 0 radical (unpaired) electrons. The lowest BCUT2D eigenvalue weighted by atomic mass is 9.96. The van der Waals surface area contributed by atoms with Gasteiger partial charge in [0, 0.05) is 22.3 Å². The summed E-state index contributed by atoms with van der Waals surface area (Å²) >= 11 is 0. The average molecular weight is 430 g/mol. The lowest BCUT2D eigenvalue weighted by Gasteiger charge is -2.05. The number of hydrogen-bond donors (Lipinski definition) is 0. The Kier molecular flexibility index (Phi) is 5.11. The van der Waals surface area contributed by atoms with E-state index in [9.17, 15) is 19.2 Å². The van der Waals surface area contributed by atoms with Crippen molar-refractivity contribution in [1.82, 2.24) is 0 Å². The van der Waals surface area contributed by atoms with Gasteiger partial charge < -0.3 is 0 Å². The second-order valence-electron chi connectivity index (χ2n) is 7.97. The van der Waals surface area contributed by atoms with E-state index in [-0.39, 0.29) is 0 Å².